The fourth-order valence-electron chi connectivity index (χ4n) is 3.69. The van der Waals surface area contributed by atoms with Crippen molar-refractivity contribution in [1.29, 1.82) is 0 Å². The zero-order valence-corrected chi connectivity index (χ0v) is 19.4. The van der Waals surface area contributed by atoms with E-state index in [4.69, 9.17) is 9.47 Å². The van der Waals surface area contributed by atoms with Gasteiger partial charge in [-0.05, 0) is 19.3 Å². The summed E-state index contributed by atoms with van der Waals surface area (Å²) in [6.07, 6.45) is 2.38. The summed E-state index contributed by atoms with van der Waals surface area (Å²) in [4.78, 5) is 32.8. The monoisotopic (exact) mass is 452 g/mol. The number of hydrogen-bond acceptors (Lipinski definition) is 6. The van der Waals surface area contributed by atoms with Crippen LogP contribution in [0.3, 0.4) is 0 Å². The number of urea groups is 1. The Balaban J connectivity index is 1.67. The Morgan fingerprint density at radius 1 is 1.06 bits per heavy atom. The Bertz CT molecular complexity index is 1230. The van der Waals surface area contributed by atoms with Gasteiger partial charge in [-0.2, -0.15) is 9.78 Å². The zero-order chi connectivity index (χ0) is 23.8. The molecular formula is C23H28N6O4. The highest BCUT2D eigenvalue weighted by molar-refractivity contribution is 5.99. The smallest absolute Gasteiger partial charge is 0.324 e. The molecule has 0 radical (unpaired) electrons. The van der Waals surface area contributed by atoms with Crippen molar-refractivity contribution in [3.05, 3.63) is 51.6 Å². The van der Waals surface area contributed by atoms with E-state index in [9.17, 15) is 9.59 Å². The number of carbonyl (C=O) groups excluding carboxylic acids is 1. The van der Waals surface area contributed by atoms with Gasteiger partial charge in [-0.3, -0.25) is 15.1 Å². The second kappa shape index (κ2) is 8.61. The molecule has 0 aliphatic heterocycles. The fraction of sp³-hybridized carbons (Fsp3) is 0.391. The minimum absolute atomic E-state index is 0.167. The van der Waals surface area contributed by atoms with Gasteiger partial charge in [-0.1, -0.05) is 20.8 Å². The molecule has 174 valence electrons. The molecule has 0 fully saturated rings. The summed E-state index contributed by atoms with van der Waals surface area (Å²) >= 11 is 0. The number of rotatable bonds is 5. The van der Waals surface area contributed by atoms with Crippen LogP contribution in [0.5, 0.6) is 11.5 Å². The van der Waals surface area contributed by atoms with Crippen LogP contribution in [-0.2, 0) is 18.3 Å². The topological polar surface area (TPSA) is 123 Å². The number of nitrogens with zero attached hydrogens (tertiary/aromatic N) is 3. The van der Waals surface area contributed by atoms with Gasteiger partial charge in [0.05, 0.1) is 25.6 Å². The van der Waals surface area contributed by atoms with Crippen LogP contribution in [-0.4, -0.2) is 40.0 Å². The number of aromatic nitrogens is 4. The molecule has 2 amide bonds. The number of amides is 2. The van der Waals surface area contributed by atoms with Crippen LogP contribution in [0.15, 0.2) is 29.1 Å². The first kappa shape index (κ1) is 22.4. The Hall–Kier alpha value is -3.82. The Kier molecular flexibility index (Phi) is 5.84. The van der Waals surface area contributed by atoms with Crippen LogP contribution >= 0.6 is 0 Å². The lowest BCUT2D eigenvalue weighted by Crippen LogP contribution is -2.23. The van der Waals surface area contributed by atoms with E-state index < -0.39 is 6.03 Å². The van der Waals surface area contributed by atoms with E-state index >= 15 is 0 Å². The molecule has 0 atom stereocenters. The second-order valence-corrected chi connectivity index (χ2v) is 8.93. The van der Waals surface area contributed by atoms with Gasteiger partial charge in [-0.25, -0.2) is 9.78 Å². The quantitative estimate of drug-likeness (QED) is 0.545. The van der Waals surface area contributed by atoms with Crippen LogP contribution in [0.25, 0.3) is 5.95 Å². The summed E-state index contributed by atoms with van der Waals surface area (Å²) in [6, 6.07) is 6.36. The third kappa shape index (κ3) is 4.69. The maximum atomic E-state index is 12.8. The standard InChI is InChI=1S/C23H28N6O4/c1-23(2,3)18-12-19(26-22(31)24-13-9-14(32-4)11-15(10-13)33-5)29(28-18)21-25-17-8-6-7-16(17)20(30)27-21/h9-12H,6-8H2,1-5H3,(H2,24,26,31)(H,25,27,30). The van der Waals surface area contributed by atoms with Crippen molar-refractivity contribution < 1.29 is 14.3 Å². The predicted molar refractivity (Wildman–Crippen MR) is 125 cm³/mol. The van der Waals surface area contributed by atoms with Crippen molar-refractivity contribution in [3.63, 3.8) is 0 Å². The van der Waals surface area contributed by atoms with Gasteiger partial charge < -0.3 is 14.8 Å². The summed E-state index contributed by atoms with van der Waals surface area (Å²) in [6.45, 7) is 6.06. The molecule has 0 bridgehead atoms. The number of aromatic amines is 1. The van der Waals surface area contributed by atoms with Crippen LogP contribution in [0, 0.1) is 0 Å². The Morgan fingerprint density at radius 2 is 1.76 bits per heavy atom. The number of methoxy groups -OCH3 is 2. The number of carbonyl (C=O) groups is 1. The third-order valence-electron chi connectivity index (χ3n) is 5.46. The highest BCUT2D eigenvalue weighted by atomic mass is 16.5. The molecule has 10 heteroatoms. The maximum Gasteiger partial charge on any atom is 0.324 e. The van der Waals surface area contributed by atoms with Crippen molar-refractivity contribution in [1.82, 2.24) is 19.7 Å². The average molecular weight is 453 g/mol. The molecule has 2 aromatic heterocycles. The molecule has 0 spiro atoms. The highest BCUT2D eigenvalue weighted by Gasteiger charge is 2.24. The maximum absolute atomic E-state index is 12.8. The van der Waals surface area contributed by atoms with Crippen LogP contribution in [0.4, 0.5) is 16.3 Å². The molecule has 2 heterocycles. The molecule has 3 aromatic rings. The second-order valence-electron chi connectivity index (χ2n) is 8.93. The number of aryl methyl sites for hydroxylation is 1. The normalized spacial score (nSPS) is 12.9. The van der Waals surface area contributed by atoms with Crippen LogP contribution in [0.2, 0.25) is 0 Å². The summed E-state index contributed by atoms with van der Waals surface area (Å²) in [5.41, 5.74) is 2.29. The van der Waals surface area contributed by atoms with E-state index in [1.807, 2.05) is 20.8 Å². The van der Waals surface area contributed by atoms with Crippen molar-refractivity contribution in [3.8, 4) is 17.4 Å². The van der Waals surface area contributed by atoms with E-state index in [0.717, 1.165) is 36.2 Å². The van der Waals surface area contributed by atoms with Gasteiger partial charge in [0.2, 0.25) is 5.95 Å². The zero-order valence-electron chi connectivity index (χ0n) is 19.4. The highest BCUT2D eigenvalue weighted by Crippen LogP contribution is 2.28. The molecule has 1 aliphatic rings. The summed E-state index contributed by atoms with van der Waals surface area (Å²) in [7, 11) is 3.07. The van der Waals surface area contributed by atoms with Gasteiger partial charge in [0, 0.05) is 40.9 Å². The molecule has 33 heavy (non-hydrogen) atoms. The Labute approximate surface area is 191 Å². The number of H-pyrrole nitrogens is 1. The third-order valence-corrected chi connectivity index (χ3v) is 5.46. The lowest BCUT2D eigenvalue weighted by Gasteiger charge is -2.14. The van der Waals surface area contributed by atoms with Crippen molar-refractivity contribution in [2.45, 2.75) is 45.4 Å². The number of hydrogen-bond donors (Lipinski definition) is 3. The molecule has 10 nitrogen and oxygen atoms in total. The molecule has 4 rings (SSSR count). The Morgan fingerprint density at radius 3 is 2.39 bits per heavy atom. The van der Waals surface area contributed by atoms with Gasteiger partial charge in [-0.15, -0.1) is 0 Å². The van der Waals surface area contributed by atoms with E-state index in [-0.39, 0.29) is 16.9 Å². The average Bonchev–Trinajstić information content (AvgIpc) is 3.40. The minimum atomic E-state index is -0.490. The summed E-state index contributed by atoms with van der Waals surface area (Å²) in [5.74, 6) is 1.75. The molecular weight excluding hydrogens is 424 g/mol. The summed E-state index contributed by atoms with van der Waals surface area (Å²) in [5, 5.41) is 10.2. The first-order chi connectivity index (χ1) is 15.7. The number of ether oxygens (including phenoxy) is 2. The predicted octanol–water partition coefficient (Wildman–Crippen LogP) is 3.40. The fourth-order valence-corrected chi connectivity index (χ4v) is 3.69. The van der Waals surface area contributed by atoms with E-state index in [2.05, 4.69) is 25.7 Å². The van der Waals surface area contributed by atoms with Gasteiger partial charge >= 0.3 is 6.03 Å². The van der Waals surface area contributed by atoms with Crippen LogP contribution in [0.1, 0.15) is 44.1 Å². The van der Waals surface area contributed by atoms with E-state index in [1.54, 1.807) is 24.3 Å². The SMILES string of the molecule is COc1cc(NC(=O)Nc2cc(C(C)(C)C)nn2-c2nc3c(c(=O)[nH]2)CCC3)cc(OC)c1. The van der Waals surface area contributed by atoms with Crippen molar-refractivity contribution in [2.75, 3.05) is 24.9 Å². The van der Waals surface area contributed by atoms with Crippen molar-refractivity contribution in [2.24, 2.45) is 0 Å². The molecule has 0 saturated heterocycles. The lowest BCUT2D eigenvalue weighted by molar-refractivity contribution is 0.262. The number of fused-ring (bicyclic) bond motifs is 1. The minimum Gasteiger partial charge on any atom is -0.497 e. The van der Waals surface area contributed by atoms with Crippen molar-refractivity contribution >= 4 is 17.5 Å². The van der Waals surface area contributed by atoms with Gasteiger partial charge in [0.1, 0.15) is 17.3 Å². The number of benzene rings is 1. The first-order valence-corrected chi connectivity index (χ1v) is 10.7. The lowest BCUT2D eigenvalue weighted by atomic mass is 9.92. The largest absolute Gasteiger partial charge is 0.497 e. The molecule has 3 N–H and O–H groups in total. The summed E-state index contributed by atoms with van der Waals surface area (Å²) < 4.78 is 12.0. The van der Waals surface area contributed by atoms with E-state index in [0.29, 0.717) is 23.0 Å². The van der Waals surface area contributed by atoms with E-state index in [1.165, 1.54) is 18.9 Å². The number of nitrogens with one attached hydrogen (secondary N) is 3. The molecule has 1 aromatic carbocycles. The van der Waals surface area contributed by atoms with Crippen LogP contribution < -0.4 is 25.7 Å². The first-order valence-electron chi connectivity index (χ1n) is 10.7. The molecule has 0 unspecified atom stereocenters. The van der Waals surface area contributed by atoms with Gasteiger partial charge in [0.25, 0.3) is 5.56 Å². The molecule has 1 aliphatic carbocycles. The molecule has 0 saturated carbocycles. The van der Waals surface area contributed by atoms with Gasteiger partial charge in [0.15, 0.2) is 0 Å². The number of anilines is 2.